The molecule has 0 N–H and O–H groups in total. The Hall–Kier alpha value is -1.14. The molecule has 30 heavy (non-hydrogen) atoms. The Morgan fingerprint density at radius 2 is 1.80 bits per heavy atom. The van der Waals surface area contributed by atoms with Crippen molar-refractivity contribution >= 4 is 0 Å². The average molecular weight is 417 g/mol. The summed E-state index contributed by atoms with van der Waals surface area (Å²) in [5, 5.41) is 0. The summed E-state index contributed by atoms with van der Waals surface area (Å²) >= 11 is 0. The monoisotopic (exact) mass is 416 g/mol. The van der Waals surface area contributed by atoms with Crippen LogP contribution in [0.5, 0.6) is 5.75 Å². The number of hydrogen-bond donors (Lipinski definition) is 0. The van der Waals surface area contributed by atoms with E-state index in [1.165, 1.54) is 57.4 Å². The van der Waals surface area contributed by atoms with Crippen molar-refractivity contribution in [2.75, 3.05) is 66.3 Å². The molecule has 4 rings (SSSR count). The van der Waals surface area contributed by atoms with E-state index in [4.69, 9.17) is 14.2 Å². The summed E-state index contributed by atoms with van der Waals surface area (Å²) in [6.45, 7) is 9.37. The van der Waals surface area contributed by atoms with E-state index in [1.54, 1.807) is 0 Å². The summed E-state index contributed by atoms with van der Waals surface area (Å²) in [5.41, 5.74) is 1.63. The van der Waals surface area contributed by atoms with Gasteiger partial charge in [-0.3, -0.25) is 4.90 Å². The summed E-state index contributed by atoms with van der Waals surface area (Å²) in [7, 11) is 1.82. The van der Waals surface area contributed by atoms with E-state index in [-0.39, 0.29) is 5.41 Å². The first-order valence-corrected chi connectivity index (χ1v) is 12.1. The number of benzene rings is 1. The highest BCUT2D eigenvalue weighted by molar-refractivity contribution is 5.33. The molecule has 168 valence electrons. The molecule has 0 saturated carbocycles. The molecule has 5 heteroatoms. The molecule has 0 spiro atoms. The van der Waals surface area contributed by atoms with Crippen molar-refractivity contribution in [3.63, 3.8) is 0 Å². The standard InChI is InChI=1S/C25H40N2O3/c1-28-20-23-6-4-16-27(23)21-25(11-18-29-19-12-25)22-7-9-24(10-8-22)30-17-5-15-26-13-2-3-14-26/h7-10,23H,2-6,11-21H2,1H3. The normalized spacial score (nSPS) is 25.0. The highest BCUT2D eigenvalue weighted by Crippen LogP contribution is 2.38. The van der Waals surface area contributed by atoms with Crippen LogP contribution < -0.4 is 4.74 Å². The van der Waals surface area contributed by atoms with Crippen LogP contribution in [0.4, 0.5) is 0 Å². The van der Waals surface area contributed by atoms with Gasteiger partial charge in [0, 0.05) is 44.9 Å². The fourth-order valence-electron chi connectivity index (χ4n) is 5.56. The summed E-state index contributed by atoms with van der Waals surface area (Å²) in [6.07, 6.45) is 8.56. The fraction of sp³-hybridized carbons (Fsp3) is 0.760. The lowest BCUT2D eigenvalue weighted by Gasteiger charge is -2.42. The van der Waals surface area contributed by atoms with E-state index in [9.17, 15) is 0 Å². The highest BCUT2D eigenvalue weighted by atomic mass is 16.5. The van der Waals surface area contributed by atoms with E-state index < -0.39 is 0 Å². The lowest BCUT2D eigenvalue weighted by Crippen LogP contribution is -2.47. The van der Waals surface area contributed by atoms with E-state index in [0.29, 0.717) is 6.04 Å². The maximum Gasteiger partial charge on any atom is 0.119 e. The largest absolute Gasteiger partial charge is 0.494 e. The molecule has 3 aliphatic heterocycles. The van der Waals surface area contributed by atoms with Gasteiger partial charge in [-0.25, -0.2) is 0 Å². The second-order valence-electron chi connectivity index (χ2n) is 9.39. The minimum Gasteiger partial charge on any atom is -0.494 e. The van der Waals surface area contributed by atoms with Gasteiger partial charge in [0.2, 0.25) is 0 Å². The van der Waals surface area contributed by atoms with Gasteiger partial charge in [0.15, 0.2) is 0 Å². The number of methoxy groups -OCH3 is 1. The van der Waals surface area contributed by atoms with Crippen molar-refractivity contribution in [1.82, 2.24) is 9.80 Å². The molecular weight excluding hydrogens is 376 g/mol. The van der Waals surface area contributed by atoms with Gasteiger partial charge in [0.25, 0.3) is 0 Å². The third-order valence-corrected chi connectivity index (χ3v) is 7.37. The summed E-state index contributed by atoms with van der Waals surface area (Å²) < 4.78 is 17.3. The highest BCUT2D eigenvalue weighted by Gasteiger charge is 2.39. The molecule has 5 nitrogen and oxygen atoms in total. The number of hydrogen-bond acceptors (Lipinski definition) is 5. The van der Waals surface area contributed by atoms with E-state index >= 15 is 0 Å². The van der Waals surface area contributed by atoms with Crippen LogP contribution in [-0.2, 0) is 14.9 Å². The maximum absolute atomic E-state index is 6.05. The molecule has 0 radical (unpaired) electrons. The zero-order valence-corrected chi connectivity index (χ0v) is 18.8. The van der Waals surface area contributed by atoms with Gasteiger partial charge in [-0.1, -0.05) is 12.1 Å². The molecular formula is C25H40N2O3. The lowest BCUT2D eigenvalue weighted by molar-refractivity contribution is 0.0245. The molecule has 1 aromatic carbocycles. The summed E-state index contributed by atoms with van der Waals surface area (Å²) in [4.78, 5) is 5.22. The van der Waals surface area contributed by atoms with E-state index in [2.05, 4.69) is 34.1 Å². The van der Waals surface area contributed by atoms with Crippen molar-refractivity contribution in [2.45, 2.75) is 56.4 Å². The third-order valence-electron chi connectivity index (χ3n) is 7.37. The minimum absolute atomic E-state index is 0.183. The zero-order valence-electron chi connectivity index (χ0n) is 18.8. The number of rotatable bonds is 10. The quantitative estimate of drug-likeness (QED) is 0.543. The SMILES string of the molecule is COCC1CCCN1CC1(c2ccc(OCCCN3CCCC3)cc2)CCOCC1. The molecule has 3 heterocycles. The number of ether oxygens (including phenoxy) is 3. The molecule has 3 fully saturated rings. The predicted molar refractivity (Wildman–Crippen MR) is 120 cm³/mol. The minimum atomic E-state index is 0.183. The van der Waals surface area contributed by atoms with Crippen molar-refractivity contribution in [3.05, 3.63) is 29.8 Å². The first kappa shape index (κ1) is 22.1. The molecule has 1 aromatic rings. The predicted octanol–water partition coefficient (Wildman–Crippen LogP) is 3.71. The van der Waals surface area contributed by atoms with E-state index in [1.807, 2.05) is 7.11 Å². The lowest BCUT2D eigenvalue weighted by atomic mass is 9.73. The van der Waals surface area contributed by atoms with Crippen LogP contribution in [0.25, 0.3) is 0 Å². The first-order valence-electron chi connectivity index (χ1n) is 12.1. The van der Waals surface area contributed by atoms with Crippen LogP contribution in [0, 0.1) is 0 Å². The van der Waals surface area contributed by atoms with Crippen LogP contribution in [0.3, 0.4) is 0 Å². The smallest absolute Gasteiger partial charge is 0.119 e. The maximum atomic E-state index is 6.05. The number of likely N-dealkylation sites (tertiary alicyclic amines) is 2. The Bertz CT molecular complexity index is 624. The van der Waals surface area contributed by atoms with Crippen LogP contribution in [-0.4, -0.2) is 82.1 Å². The molecule has 0 amide bonds. The molecule has 0 aliphatic carbocycles. The Kier molecular flexibility index (Phi) is 8.05. The molecule has 1 unspecified atom stereocenters. The molecule has 0 aromatic heterocycles. The van der Waals surface area contributed by atoms with Crippen LogP contribution in [0.2, 0.25) is 0 Å². The van der Waals surface area contributed by atoms with Crippen LogP contribution in [0.1, 0.15) is 50.5 Å². The molecule has 1 atom stereocenters. The summed E-state index contributed by atoms with van der Waals surface area (Å²) in [6, 6.07) is 9.54. The molecule has 0 bridgehead atoms. The van der Waals surface area contributed by atoms with Crippen molar-refractivity contribution < 1.29 is 14.2 Å². The zero-order chi connectivity index (χ0) is 20.7. The van der Waals surface area contributed by atoms with Gasteiger partial charge in [0.05, 0.1) is 13.2 Å². The van der Waals surface area contributed by atoms with Gasteiger partial charge in [-0.15, -0.1) is 0 Å². The van der Waals surface area contributed by atoms with Crippen molar-refractivity contribution in [2.24, 2.45) is 0 Å². The second kappa shape index (κ2) is 10.9. The topological polar surface area (TPSA) is 34.2 Å². The number of nitrogens with zero attached hydrogens (tertiary/aromatic N) is 2. The van der Waals surface area contributed by atoms with Crippen molar-refractivity contribution in [1.29, 1.82) is 0 Å². The van der Waals surface area contributed by atoms with Crippen LogP contribution in [0.15, 0.2) is 24.3 Å². The molecule has 3 aliphatic rings. The Morgan fingerprint density at radius 1 is 1.03 bits per heavy atom. The fourth-order valence-corrected chi connectivity index (χ4v) is 5.56. The second-order valence-corrected chi connectivity index (χ2v) is 9.39. The van der Waals surface area contributed by atoms with Gasteiger partial charge in [-0.05, 0) is 82.3 Å². The van der Waals surface area contributed by atoms with Gasteiger partial charge < -0.3 is 19.1 Å². The van der Waals surface area contributed by atoms with E-state index in [0.717, 1.165) is 58.0 Å². The van der Waals surface area contributed by atoms with Gasteiger partial charge >= 0.3 is 0 Å². The molecule has 3 saturated heterocycles. The first-order chi connectivity index (χ1) is 14.8. The summed E-state index contributed by atoms with van der Waals surface area (Å²) in [5.74, 6) is 1.00. The van der Waals surface area contributed by atoms with Crippen LogP contribution >= 0.6 is 0 Å². The Morgan fingerprint density at radius 3 is 2.53 bits per heavy atom. The van der Waals surface area contributed by atoms with Gasteiger partial charge in [0.1, 0.15) is 5.75 Å². The van der Waals surface area contributed by atoms with Gasteiger partial charge in [-0.2, -0.15) is 0 Å². The van der Waals surface area contributed by atoms with Crippen molar-refractivity contribution in [3.8, 4) is 5.75 Å². The Balaban J connectivity index is 1.35. The third kappa shape index (κ3) is 5.56. The average Bonchev–Trinajstić information content (AvgIpc) is 3.45. The Labute approximate surface area is 182 Å².